The Kier molecular flexibility index (Phi) is 9.20. The summed E-state index contributed by atoms with van der Waals surface area (Å²) >= 11 is 6.62. The molecule has 1 amide bonds. The fourth-order valence-electron chi connectivity index (χ4n) is 5.45. The number of aromatic nitrogens is 3. The SMILES string of the molecule is CCn1nc(C(=O)NCC2(O)CCC(S(C)(=O)=O)CC2)c(Cl)c1-c1cnc(NC(C)(C)CC2CC2)cc1OC(F)F. The van der Waals surface area contributed by atoms with Crippen molar-refractivity contribution in [3.8, 4) is 17.0 Å². The van der Waals surface area contributed by atoms with Gasteiger partial charge in [0.25, 0.3) is 5.91 Å². The molecule has 2 aliphatic rings. The van der Waals surface area contributed by atoms with E-state index >= 15 is 0 Å². The van der Waals surface area contributed by atoms with Crippen LogP contribution in [0, 0.1) is 5.92 Å². The second kappa shape index (κ2) is 12.0. The summed E-state index contributed by atoms with van der Waals surface area (Å²) in [5.74, 6) is 0.177. The number of amides is 1. The summed E-state index contributed by atoms with van der Waals surface area (Å²) in [4.78, 5) is 17.5. The first-order valence-corrected chi connectivity index (χ1v) is 16.1. The molecule has 2 aromatic heterocycles. The topological polar surface area (TPSA) is 135 Å². The highest BCUT2D eigenvalue weighted by Gasteiger charge is 2.37. The minimum atomic E-state index is -3.21. The van der Waals surface area contributed by atoms with Crippen LogP contribution < -0.4 is 15.4 Å². The number of sulfone groups is 1. The molecule has 0 unspecified atom stereocenters. The Bertz CT molecular complexity index is 1370. The molecular formula is C27H38ClF2N5O5S. The van der Waals surface area contributed by atoms with Crippen LogP contribution in [0.5, 0.6) is 5.75 Å². The minimum absolute atomic E-state index is 0.0761. The fraction of sp³-hybridized carbons (Fsp3) is 0.667. The molecule has 228 valence electrons. The van der Waals surface area contributed by atoms with Crippen LogP contribution >= 0.6 is 11.6 Å². The Labute approximate surface area is 244 Å². The van der Waals surface area contributed by atoms with E-state index in [0.29, 0.717) is 24.6 Å². The van der Waals surface area contributed by atoms with E-state index in [1.54, 1.807) is 6.92 Å². The van der Waals surface area contributed by atoms with Gasteiger partial charge in [-0.2, -0.15) is 13.9 Å². The van der Waals surface area contributed by atoms with Gasteiger partial charge in [-0.1, -0.05) is 24.4 Å². The molecule has 4 rings (SSSR count). The Morgan fingerprint density at radius 1 is 1.29 bits per heavy atom. The molecule has 3 N–H and O–H groups in total. The maximum absolute atomic E-state index is 13.4. The summed E-state index contributed by atoms with van der Waals surface area (Å²) in [7, 11) is -3.21. The number of nitrogens with zero attached hydrogens (tertiary/aromatic N) is 3. The molecule has 2 saturated carbocycles. The van der Waals surface area contributed by atoms with Gasteiger partial charge < -0.3 is 20.5 Å². The highest BCUT2D eigenvalue weighted by molar-refractivity contribution is 7.91. The van der Waals surface area contributed by atoms with E-state index in [1.165, 1.54) is 36.0 Å². The lowest BCUT2D eigenvalue weighted by molar-refractivity contribution is -0.0494. The molecule has 2 aliphatic carbocycles. The number of aryl methyl sites for hydroxylation is 1. The summed E-state index contributed by atoms with van der Waals surface area (Å²) in [5, 5.41) is 20.6. The number of hydrogen-bond acceptors (Lipinski definition) is 8. The smallest absolute Gasteiger partial charge is 0.387 e. The van der Waals surface area contributed by atoms with Crippen LogP contribution in [-0.4, -0.2) is 70.0 Å². The van der Waals surface area contributed by atoms with Gasteiger partial charge in [0, 0.05) is 37.1 Å². The highest BCUT2D eigenvalue weighted by Crippen LogP contribution is 2.40. The van der Waals surface area contributed by atoms with E-state index in [1.807, 2.05) is 13.8 Å². The summed E-state index contributed by atoms with van der Waals surface area (Å²) < 4.78 is 56.8. The molecule has 0 saturated heterocycles. The first-order valence-electron chi connectivity index (χ1n) is 13.8. The average molecular weight is 618 g/mol. The minimum Gasteiger partial charge on any atom is -0.434 e. The number of ether oxygens (including phenoxy) is 1. The molecule has 0 spiro atoms. The number of anilines is 1. The van der Waals surface area contributed by atoms with Crippen LogP contribution in [0.2, 0.25) is 5.02 Å². The zero-order valence-corrected chi connectivity index (χ0v) is 25.3. The van der Waals surface area contributed by atoms with E-state index in [4.69, 9.17) is 16.3 Å². The summed E-state index contributed by atoms with van der Waals surface area (Å²) in [6, 6.07) is 1.39. The molecule has 41 heavy (non-hydrogen) atoms. The number of hydrogen-bond donors (Lipinski definition) is 3. The zero-order chi connectivity index (χ0) is 30.2. The van der Waals surface area contributed by atoms with Crippen LogP contribution in [0.1, 0.15) is 76.2 Å². The third-order valence-corrected chi connectivity index (χ3v) is 9.80. The maximum atomic E-state index is 13.4. The van der Waals surface area contributed by atoms with Gasteiger partial charge in [0.2, 0.25) is 0 Å². The molecule has 0 atom stereocenters. The molecular weight excluding hydrogens is 580 g/mol. The van der Waals surface area contributed by atoms with Gasteiger partial charge in [-0.15, -0.1) is 0 Å². The molecule has 2 fully saturated rings. The summed E-state index contributed by atoms with van der Waals surface area (Å²) in [6.07, 6.45) is 6.84. The van der Waals surface area contributed by atoms with E-state index in [-0.39, 0.29) is 59.2 Å². The van der Waals surface area contributed by atoms with Crippen molar-refractivity contribution < 1.29 is 31.8 Å². The zero-order valence-electron chi connectivity index (χ0n) is 23.7. The third-order valence-electron chi connectivity index (χ3n) is 7.76. The van der Waals surface area contributed by atoms with Crippen molar-refractivity contribution in [1.82, 2.24) is 20.1 Å². The lowest BCUT2D eigenvalue weighted by Crippen LogP contribution is -2.47. The van der Waals surface area contributed by atoms with Crippen molar-refractivity contribution in [2.45, 2.75) is 95.3 Å². The monoisotopic (exact) mass is 617 g/mol. The number of aliphatic hydroxyl groups is 1. The number of halogens is 3. The average Bonchev–Trinajstić information content (AvgIpc) is 3.61. The number of alkyl halides is 2. The molecule has 10 nitrogen and oxygen atoms in total. The number of carbonyl (C=O) groups is 1. The molecule has 0 aromatic carbocycles. The Morgan fingerprint density at radius 2 is 1.95 bits per heavy atom. The summed E-state index contributed by atoms with van der Waals surface area (Å²) in [6.45, 7) is 2.84. The van der Waals surface area contributed by atoms with Gasteiger partial charge in [0.15, 0.2) is 5.69 Å². The lowest BCUT2D eigenvalue weighted by atomic mass is 9.84. The first-order chi connectivity index (χ1) is 19.1. The maximum Gasteiger partial charge on any atom is 0.387 e. The van der Waals surface area contributed by atoms with Gasteiger partial charge in [0.1, 0.15) is 21.4 Å². The van der Waals surface area contributed by atoms with E-state index < -0.39 is 33.2 Å². The van der Waals surface area contributed by atoms with Crippen LogP contribution in [-0.2, 0) is 16.4 Å². The van der Waals surface area contributed by atoms with Crippen molar-refractivity contribution in [2.24, 2.45) is 5.92 Å². The van der Waals surface area contributed by atoms with Crippen LogP contribution in [0.3, 0.4) is 0 Å². The number of pyridine rings is 1. The number of nitrogens with one attached hydrogen (secondary N) is 2. The quantitative estimate of drug-likeness (QED) is 0.313. The molecule has 14 heteroatoms. The normalized spacial score (nSPS) is 21.6. The fourth-order valence-corrected chi connectivity index (χ4v) is 6.87. The largest absolute Gasteiger partial charge is 0.434 e. The molecule has 2 heterocycles. The number of rotatable bonds is 12. The number of carbonyl (C=O) groups excluding carboxylic acids is 1. The predicted molar refractivity (Wildman–Crippen MR) is 152 cm³/mol. The molecule has 0 aliphatic heterocycles. The standard InChI is InChI=1S/C27H38ClF2N5O5S/c1-5-35-23(18-14-31-20(12-19(18)40-25(29)30)33-26(2,3)13-16-6-7-16)21(28)22(34-35)24(36)32-15-27(37)10-8-17(9-11-27)41(4,38)39/h12,14,16-17,25,37H,5-11,13,15H2,1-4H3,(H,31,33)(H,32,36). The van der Waals surface area contributed by atoms with Crippen molar-refractivity contribution in [3.05, 3.63) is 23.0 Å². The van der Waals surface area contributed by atoms with Gasteiger partial charge in [-0.3, -0.25) is 9.48 Å². The van der Waals surface area contributed by atoms with Gasteiger partial charge in [-0.25, -0.2) is 13.4 Å². The first kappa shape index (κ1) is 31.4. The Balaban J connectivity index is 1.55. The van der Waals surface area contributed by atoms with Crippen molar-refractivity contribution >= 4 is 33.2 Å². The van der Waals surface area contributed by atoms with Crippen LogP contribution in [0.15, 0.2) is 12.3 Å². The van der Waals surface area contributed by atoms with Crippen LogP contribution in [0.25, 0.3) is 11.3 Å². The van der Waals surface area contributed by atoms with Crippen molar-refractivity contribution in [2.75, 3.05) is 18.1 Å². The van der Waals surface area contributed by atoms with Crippen molar-refractivity contribution in [1.29, 1.82) is 0 Å². The molecule has 2 aromatic rings. The highest BCUT2D eigenvalue weighted by atomic mass is 35.5. The second-order valence-corrected chi connectivity index (χ2v) is 14.6. The van der Waals surface area contributed by atoms with Gasteiger partial charge in [-0.05, 0) is 58.8 Å². The van der Waals surface area contributed by atoms with Crippen molar-refractivity contribution in [3.63, 3.8) is 0 Å². The second-order valence-electron chi connectivity index (χ2n) is 11.9. The Hall–Kier alpha value is -2.51. The Morgan fingerprint density at radius 3 is 2.51 bits per heavy atom. The lowest BCUT2D eigenvalue weighted by Gasteiger charge is -2.35. The van der Waals surface area contributed by atoms with E-state index in [2.05, 4.69) is 20.7 Å². The van der Waals surface area contributed by atoms with E-state index in [9.17, 15) is 27.1 Å². The molecule has 0 radical (unpaired) electrons. The summed E-state index contributed by atoms with van der Waals surface area (Å²) in [5.41, 5.74) is -1.38. The van der Waals surface area contributed by atoms with Gasteiger partial charge >= 0.3 is 6.61 Å². The molecule has 0 bridgehead atoms. The van der Waals surface area contributed by atoms with E-state index in [0.717, 1.165) is 6.42 Å². The third kappa shape index (κ3) is 7.86. The predicted octanol–water partition coefficient (Wildman–Crippen LogP) is 4.66. The van der Waals surface area contributed by atoms with Crippen LogP contribution in [0.4, 0.5) is 14.6 Å². The van der Waals surface area contributed by atoms with Gasteiger partial charge in [0.05, 0.1) is 27.1 Å².